The first-order valence-electron chi connectivity index (χ1n) is 8.04. The van der Waals surface area contributed by atoms with Gasteiger partial charge in [-0.1, -0.05) is 0 Å². The van der Waals surface area contributed by atoms with Crippen molar-refractivity contribution in [3.05, 3.63) is 23.8 Å². The van der Waals surface area contributed by atoms with Gasteiger partial charge in [-0.25, -0.2) is 0 Å². The second kappa shape index (κ2) is 8.25. The van der Waals surface area contributed by atoms with E-state index in [4.69, 9.17) is 9.47 Å². The summed E-state index contributed by atoms with van der Waals surface area (Å²) < 4.78 is 11.4. The molecule has 0 bridgehead atoms. The lowest BCUT2D eigenvalue weighted by atomic mass is 10.0. The van der Waals surface area contributed by atoms with Crippen LogP contribution in [0.5, 0.6) is 11.5 Å². The van der Waals surface area contributed by atoms with Crippen LogP contribution in [0, 0.1) is 0 Å². The molecule has 1 fully saturated rings. The zero-order chi connectivity index (χ0) is 15.1. The number of benzene rings is 1. The molecule has 1 aliphatic rings. The molecule has 1 aliphatic heterocycles. The highest BCUT2D eigenvalue weighted by atomic mass is 16.5. The fourth-order valence-electron chi connectivity index (χ4n) is 3.04. The Morgan fingerprint density at radius 1 is 1.14 bits per heavy atom. The molecule has 0 saturated carbocycles. The Morgan fingerprint density at radius 3 is 2.48 bits per heavy atom. The van der Waals surface area contributed by atoms with E-state index in [0.717, 1.165) is 36.6 Å². The number of nitrogens with zero attached hydrogens (tertiary/aromatic N) is 1. The van der Waals surface area contributed by atoms with Gasteiger partial charge in [0.15, 0.2) is 0 Å². The predicted molar refractivity (Wildman–Crippen MR) is 84.0 cm³/mol. The molecule has 2 rings (SSSR count). The average molecular weight is 293 g/mol. The second-order valence-corrected chi connectivity index (χ2v) is 5.34. The molecule has 1 atom stereocenters. The van der Waals surface area contributed by atoms with Crippen LogP contribution >= 0.6 is 0 Å². The van der Waals surface area contributed by atoms with Crippen LogP contribution in [-0.2, 0) is 0 Å². The van der Waals surface area contributed by atoms with Gasteiger partial charge < -0.3 is 14.6 Å². The maximum Gasteiger partial charge on any atom is 0.124 e. The molecule has 21 heavy (non-hydrogen) atoms. The molecule has 4 heteroatoms. The number of hydrogen-bond donors (Lipinski definition) is 1. The maximum absolute atomic E-state index is 9.45. The summed E-state index contributed by atoms with van der Waals surface area (Å²) in [5.41, 5.74) is 1.14. The molecule has 0 aromatic heterocycles. The minimum absolute atomic E-state index is 0.186. The SMILES string of the molecule is CCOc1ccc(OCC)c(C(CCO)N2CCCC2)c1. The minimum atomic E-state index is 0.186. The summed E-state index contributed by atoms with van der Waals surface area (Å²) >= 11 is 0. The molecule has 4 nitrogen and oxygen atoms in total. The van der Waals surface area contributed by atoms with Crippen molar-refractivity contribution in [2.75, 3.05) is 32.9 Å². The standard InChI is InChI=1S/C17H27NO3/c1-3-20-14-7-8-17(21-4-2)15(13-14)16(9-12-19)18-10-5-6-11-18/h7-8,13,16,19H,3-6,9-12H2,1-2H3. The first-order chi connectivity index (χ1) is 10.3. The lowest BCUT2D eigenvalue weighted by molar-refractivity contribution is 0.180. The van der Waals surface area contributed by atoms with Crippen LogP contribution in [0.2, 0.25) is 0 Å². The summed E-state index contributed by atoms with van der Waals surface area (Å²) in [6.07, 6.45) is 3.20. The molecule has 1 aromatic rings. The lowest BCUT2D eigenvalue weighted by Gasteiger charge is -2.29. The van der Waals surface area contributed by atoms with Crippen molar-refractivity contribution >= 4 is 0 Å². The van der Waals surface area contributed by atoms with Crippen molar-refractivity contribution in [1.29, 1.82) is 0 Å². The Hall–Kier alpha value is -1.26. The maximum atomic E-state index is 9.45. The molecule has 1 unspecified atom stereocenters. The van der Waals surface area contributed by atoms with Gasteiger partial charge in [0.25, 0.3) is 0 Å². The summed E-state index contributed by atoms with van der Waals surface area (Å²) in [6.45, 7) is 7.66. The summed E-state index contributed by atoms with van der Waals surface area (Å²) in [5, 5.41) is 9.45. The third-order valence-corrected chi connectivity index (χ3v) is 3.94. The van der Waals surface area contributed by atoms with E-state index in [-0.39, 0.29) is 12.6 Å². The molecule has 0 amide bonds. The van der Waals surface area contributed by atoms with Gasteiger partial charge in [-0.3, -0.25) is 4.90 Å². The van der Waals surface area contributed by atoms with Crippen molar-refractivity contribution in [2.45, 2.75) is 39.2 Å². The van der Waals surface area contributed by atoms with Gasteiger partial charge in [0, 0.05) is 18.2 Å². The Kier molecular flexibility index (Phi) is 6.33. The molecular formula is C17H27NO3. The van der Waals surface area contributed by atoms with Gasteiger partial charge in [0.1, 0.15) is 11.5 Å². The van der Waals surface area contributed by atoms with E-state index in [1.807, 2.05) is 26.0 Å². The smallest absolute Gasteiger partial charge is 0.124 e. The summed E-state index contributed by atoms with van der Waals surface area (Å²) in [6, 6.07) is 6.23. The van der Waals surface area contributed by atoms with Crippen LogP contribution in [0.4, 0.5) is 0 Å². The fourth-order valence-corrected chi connectivity index (χ4v) is 3.04. The topological polar surface area (TPSA) is 41.9 Å². The Morgan fingerprint density at radius 2 is 1.86 bits per heavy atom. The van der Waals surface area contributed by atoms with Gasteiger partial charge in [0.2, 0.25) is 0 Å². The van der Waals surface area contributed by atoms with Crippen LogP contribution in [-0.4, -0.2) is 42.9 Å². The molecule has 0 radical (unpaired) electrons. The molecule has 0 aliphatic carbocycles. The number of hydrogen-bond acceptors (Lipinski definition) is 4. The van der Waals surface area contributed by atoms with Crippen LogP contribution in [0.15, 0.2) is 18.2 Å². The van der Waals surface area contributed by atoms with Crippen molar-refractivity contribution < 1.29 is 14.6 Å². The van der Waals surface area contributed by atoms with E-state index in [1.165, 1.54) is 12.8 Å². The monoisotopic (exact) mass is 293 g/mol. The molecule has 1 aromatic carbocycles. The summed E-state index contributed by atoms with van der Waals surface area (Å²) in [4.78, 5) is 2.45. The number of likely N-dealkylation sites (tertiary alicyclic amines) is 1. The normalized spacial score (nSPS) is 16.9. The van der Waals surface area contributed by atoms with Gasteiger partial charge in [-0.15, -0.1) is 0 Å². The Balaban J connectivity index is 2.31. The average Bonchev–Trinajstić information content (AvgIpc) is 3.01. The Labute approximate surface area is 127 Å². The largest absolute Gasteiger partial charge is 0.494 e. The summed E-state index contributed by atoms with van der Waals surface area (Å²) in [7, 11) is 0. The van der Waals surface area contributed by atoms with Crippen LogP contribution in [0.1, 0.15) is 44.7 Å². The highest BCUT2D eigenvalue weighted by Crippen LogP contribution is 2.36. The van der Waals surface area contributed by atoms with E-state index in [1.54, 1.807) is 0 Å². The highest BCUT2D eigenvalue weighted by molar-refractivity contribution is 5.42. The van der Waals surface area contributed by atoms with Gasteiger partial charge in [-0.05, 0) is 64.4 Å². The molecule has 1 heterocycles. The lowest BCUT2D eigenvalue weighted by Crippen LogP contribution is -2.27. The molecule has 1 saturated heterocycles. The first kappa shape index (κ1) is 16.1. The zero-order valence-corrected chi connectivity index (χ0v) is 13.2. The zero-order valence-electron chi connectivity index (χ0n) is 13.2. The van der Waals surface area contributed by atoms with Crippen LogP contribution in [0.25, 0.3) is 0 Å². The number of aliphatic hydroxyl groups excluding tert-OH is 1. The molecule has 0 spiro atoms. The van der Waals surface area contributed by atoms with E-state index >= 15 is 0 Å². The molecular weight excluding hydrogens is 266 g/mol. The summed E-state index contributed by atoms with van der Waals surface area (Å²) in [5.74, 6) is 1.78. The molecule has 118 valence electrons. The third kappa shape index (κ3) is 4.11. The number of aliphatic hydroxyl groups is 1. The highest BCUT2D eigenvalue weighted by Gasteiger charge is 2.26. The van der Waals surface area contributed by atoms with Crippen molar-refractivity contribution in [3.8, 4) is 11.5 Å². The molecule has 1 N–H and O–H groups in total. The number of ether oxygens (including phenoxy) is 2. The third-order valence-electron chi connectivity index (χ3n) is 3.94. The van der Waals surface area contributed by atoms with Crippen LogP contribution in [0.3, 0.4) is 0 Å². The number of rotatable bonds is 8. The first-order valence-corrected chi connectivity index (χ1v) is 8.04. The predicted octanol–water partition coefficient (Wildman–Crippen LogP) is 3.00. The second-order valence-electron chi connectivity index (χ2n) is 5.34. The van der Waals surface area contributed by atoms with E-state index in [0.29, 0.717) is 13.2 Å². The van der Waals surface area contributed by atoms with Crippen LogP contribution < -0.4 is 9.47 Å². The van der Waals surface area contributed by atoms with Gasteiger partial charge >= 0.3 is 0 Å². The van der Waals surface area contributed by atoms with Crippen molar-refractivity contribution in [1.82, 2.24) is 4.90 Å². The van der Waals surface area contributed by atoms with E-state index in [9.17, 15) is 5.11 Å². The van der Waals surface area contributed by atoms with Gasteiger partial charge in [-0.2, -0.15) is 0 Å². The van der Waals surface area contributed by atoms with Gasteiger partial charge in [0.05, 0.1) is 13.2 Å². The van der Waals surface area contributed by atoms with E-state index < -0.39 is 0 Å². The Bertz CT molecular complexity index is 430. The van der Waals surface area contributed by atoms with Crippen molar-refractivity contribution in [3.63, 3.8) is 0 Å². The quantitative estimate of drug-likeness (QED) is 0.800. The van der Waals surface area contributed by atoms with Crippen molar-refractivity contribution in [2.24, 2.45) is 0 Å². The minimum Gasteiger partial charge on any atom is -0.494 e. The van der Waals surface area contributed by atoms with E-state index in [2.05, 4.69) is 11.0 Å². The fraction of sp³-hybridized carbons (Fsp3) is 0.647.